The van der Waals surface area contributed by atoms with Crippen molar-refractivity contribution < 1.29 is 39.1 Å². The third kappa shape index (κ3) is 6.28. The highest BCUT2D eigenvalue weighted by Crippen LogP contribution is 2.34. The minimum Gasteiger partial charge on any atom is -0.463 e. The summed E-state index contributed by atoms with van der Waals surface area (Å²) >= 11 is 0. The smallest absolute Gasteiger partial charge is 0.303 e. The third-order valence-electron chi connectivity index (χ3n) is 3.90. The molecular formula is C19H28O8. The Balaban J connectivity index is 0.00000176. The van der Waals surface area contributed by atoms with Gasteiger partial charge in [0.15, 0.2) is 6.10 Å². The van der Waals surface area contributed by atoms with Crippen molar-refractivity contribution in [2.45, 2.75) is 64.8 Å². The van der Waals surface area contributed by atoms with Gasteiger partial charge in [-0.1, -0.05) is 38.1 Å². The standard InChI is InChI=1S/C17H22O8.C2H6/c1-9(19)23-8-13-17(24-10(2)20)15(22)14(21)16(25-13)12-5-3-4-11(6-12)7-18;1-2/h3-6,13-18,21-22H,7-8H2,1-2H3;1-2H3/t13?,14?,15?,16-,17-;/m1./s1. The lowest BCUT2D eigenvalue weighted by atomic mass is 9.90. The molecule has 0 amide bonds. The SMILES string of the molecule is CC.CC(=O)OCC1O[C@H](c2cccc(CO)c2)C(O)C(O)[C@@H]1OC(C)=O. The van der Waals surface area contributed by atoms with E-state index in [0.717, 1.165) is 0 Å². The summed E-state index contributed by atoms with van der Waals surface area (Å²) in [5, 5.41) is 30.0. The van der Waals surface area contributed by atoms with E-state index in [1.807, 2.05) is 13.8 Å². The largest absolute Gasteiger partial charge is 0.463 e. The molecule has 3 unspecified atom stereocenters. The molecule has 1 heterocycles. The second kappa shape index (κ2) is 11.0. The van der Waals surface area contributed by atoms with E-state index in [1.165, 1.54) is 13.8 Å². The molecule has 152 valence electrons. The minimum atomic E-state index is -1.43. The summed E-state index contributed by atoms with van der Waals surface area (Å²) < 4.78 is 15.7. The van der Waals surface area contributed by atoms with E-state index in [9.17, 15) is 24.9 Å². The molecule has 2 rings (SSSR count). The van der Waals surface area contributed by atoms with Crippen LogP contribution in [0.1, 0.15) is 44.9 Å². The summed E-state index contributed by atoms with van der Waals surface area (Å²) in [5.74, 6) is -1.21. The van der Waals surface area contributed by atoms with Gasteiger partial charge in [0, 0.05) is 13.8 Å². The quantitative estimate of drug-likeness (QED) is 0.639. The van der Waals surface area contributed by atoms with Crippen LogP contribution in [0.4, 0.5) is 0 Å². The fourth-order valence-electron chi connectivity index (χ4n) is 2.75. The summed E-state index contributed by atoms with van der Waals surface area (Å²) in [4.78, 5) is 22.3. The Morgan fingerprint density at radius 2 is 1.78 bits per heavy atom. The molecule has 0 aromatic heterocycles. The van der Waals surface area contributed by atoms with E-state index in [1.54, 1.807) is 24.3 Å². The predicted octanol–water partition coefficient (Wildman–Crippen LogP) is 0.862. The highest BCUT2D eigenvalue weighted by Gasteiger charge is 2.47. The molecule has 1 aromatic carbocycles. The van der Waals surface area contributed by atoms with Gasteiger partial charge in [-0.05, 0) is 11.1 Å². The van der Waals surface area contributed by atoms with Crippen LogP contribution in [0, 0.1) is 0 Å². The second-order valence-corrected chi connectivity index (χ2v) is 5.86. The predicted molar refractivity (Wildman–Crippen MR) is 95.5 cm³/mol. The third-order valence-corrected chi connectivity index (χ3v) is 3.90. The Morgan fingerprint density at radius 3 is 2.33 bits per heavy atom. The zero-order valence-corrected chi connectivity index (χ0v) is 16.0. The summed E-state index contributed by atoms with van der Waals surface area (Å²) in [6.45, 7) is 5.95. The normalized spacial score (nSPS) is 27.1. The number of carbonyl (C=O) groups excluding carboxylic acids is 2. The molecule has 1 fully saturated rings. The summed E-state index contributed by atoms with van der Waals surface area (Å²) in [7, 11) is 0. The van der Waals surface area contributed by atoms with E-state index in [-0.39, 0.29) is 13.2 Å². The van der Waals surface area contributed by atoms with Crippen molar-refractivity contribution in [3.05, 3.63) is 35.4 Å². The first kappa shape index (κ1) is 23.0. The van der Waals surface area contributed by atoms with Crippen molar-refractivity contribution >= 4 is 11.9 Å². The average Bonchev–Trinajstić information content (AvgIpc) is 2.66. The van der Waals surface area contributed by atoms with E-state index in [4.69, 9.17) is 14.2 Å². The van der Waals surface area contributed by atoms with Crippen molar-refractivity contribution in [1.29, 1.82) is 0 Å². The lowest BCUT2D eigenvalue weighted by Gasteiger charge is -2.42. The molecule has 8 nitrogen and oxygen atoms in total. The lowest BCUT2D eigenvalue weighted by Crippen LogP contribution is -2.57. The van der Waals surface area contributed by atoms with Gasteiger partial charge in [-0.2, -0.15) is 0 Å². The van der Waals surface area contributed by atoms with Gasteiger partial charge in [0.1, 0.15) is 31.0 Å². The number of hydrogen-bond acceptors (Lipinski definition) is 8. The number of hydrogen-bond donors (Lipinski definition) is 3. The summed E-state index contributed by atoms with van der Waals surface area (Å²) in [5.41, 5.74) is 1.15. The second-order valence-electron chi connectivity index (χ2n) is 5.86. The topological polar surface area (TPSA) is 123 Å². The number of carbonyl (C=O) groups is 2. The zero-order chi connectivity index (χ0) is 20.6. The maximum atomic E-state index is 11.3. The lowest BCUT2D eigenvalue weighted by molar-refractivity contribution is -0.242. The minimum absolute atomic E-state index is 0.188. The molecule has 3 N–H and O–H groups in total. The number of aliphatic hydroxyl groups excluding tert-OH is 3. The van der Waals surface area contributed by atoms with E-state index in [2.05, 4.69) is 0 Å². The molecule has 1 aliphatic heterocycles. The van der Waals surface area contributed by atoms with Gasteiger partial charge in [-0.3, -0.25) is 9.59 Å². The first-order chi connectivity index (χ1) is 12.8. The molecule has 0 spiro atoms. The Hall–Kier alpha value is -2.00. The Kier molecular flexibility index (Phi) is 9.37. The zero-order valence-electron chi connectivity index (χ0n) is 16.0. The molecule has 8 heteroatoms. The van der Waals surface area contributed by atoms with E-state index in [0.29, 0.717) is 11.1 Å². The Morgan fingerprint density at radius 1 is 1.11 bits per heavy atom. The summed E-state index contributed by atoms with van der Waals surface area (Å²) in [6, 6.07) is 6.69. The van der Waals surface area contributed by atoms with Crippen LogP contribution < -0.4 is 0 Å². The van der Waals surface area contributed by atoms with Crippen LogP contribution in [0.2, 0.25) is 0 Å². The van der Waals surface area contributed by atoms with Crippen molar-refractivity contribution in [2.75, 3.05) is 6.61 Å². The van der Waals surface area contributed by atoms with Gasteiger partial charge in [-0.25, -0.2) is 0 Å². The van der Waals surface area contributed by atoms with E-state index < -0.39 is 42.5 Å². The van der Waals surface area contributed by atoms with Gasteiger partial charge in [0.25, 0.3) is 0 Å². The molecule has 27 heavy (non-hydrogen) atoms. The van der Waals surface area contributed by atoms with Crippen LogP contribution in [0.15, 0.2) is 24.3 Å². The van der Waals surface area contributed by atoms with Gasteiger partial charge in [-0.15, -0.1) is 0 Å². The van der Waals surface area contributed by atoms with Crippen LogP contribution in [-0.4, -0.2) is 58.3 Å². The van der Waals surface area contributed by atoms with Crippen LogP contribution in [0.5, 0.6) is 0 Å². The van der Waals surface area contributed by atoms with Crippen LogP contribution in [-0.2, 0) is 30.4 Å². The summed E-state index contributed by atoms with van der Waals surface area (Å²) in [6.07, 6.45) is -5.86. The van der Waals surface area contributed by atoms with Crippen molar-refractivity contribution in [3.63, 3.8) is 0 Å². The maximum absolute atomic E-state index is 11.3. The van der Waals surface area contributed by atoms with Crippen LogP contribution >= 0.6 is 0 Å². The van der Waals surface area contributed by atoms with Gasteiger partial charge < -0.3 is 29.5 Å². The Labute approximate surface area is 158 Å². The highest BCUT2D eigenvalue weighted by atomic mass is 16.6. The van der Waals surface area contributed by atoms with Gasteiger partial charge in [0.05, 0.1) is 6.61 Å². The molecule has 5 atom stereocenters. The number of esters is 2. The molecular weight excluding hydrogens is 356 g/mol. The molecule has 1 aromatic rings. The fraction of sp³-hybridized carbons (Fsp3) is 0.579. The number of rotatable bonds is 5. The number of ether oxygens (including phenoxy) is 3. The molecule has 1 aliphatic rings. The number of benzene rings is 1. The Bertz CT molecular complexity index is 617. The fourth-order valence-corrected chi connectivity index (χ4v) is 2.75. The monoisotopic (exact) mass is 384 g/mol. The molecule has 0 bridgehead atoms. The van der Waals surface area contributed by atoms with Crippen molar-refractivity contribution in [1.82, 2.24) is 0 Å². The molecule has 1 saturated heterocycles. The van der Waals surface area contributed by atoms with E-state index >= 15 is 0 Å². The van der Waals surface area contributed by atoms with Crippen LogP contribution in [0.3, 0.4) is 0 Å². The first-order valence-electron chi connectivity index (χ1n) is 8.85. The highest BCUT2D eigenvalue weighted by molar-refractivity contribution is 5.66. The first-order valence-corrected chi connectivity index (χ1v) is 8.85. The maximum Gasteiger partial charge on any atom is 0.303 e. The van der Waals surface area contributed by atoms with Gasteiger partial charge >= 0.3 is 11.9 Å². The molecule has 0 aliphatic carbocycles. The molecule has 0 radical (unpaired) electrons. The average molecular weight is 384 g/mol. The van der Waals surface area contributed by atoms with Crippen LogP contribution in [0.25, 0.3) is 0 Å². The molecule has 0 saturated carbocycles. The van der Waals surface area contributed by atoms with Crippen molar-refractivity contribution in [3.8, 4) is 0 Å². The van der Waals surface area contributed by atoms with Crippen molar-refractivity contribution in [2.24, 2.45) is 0 Å². The van der Waals surface area contributed by atoms with Gasteiger partial charge in [0.2, 0.25) is 0 Å². The number of aliphatic hydroxyl groups is 3.